The van der Waals surface area contributed by atoms with Gasteiger partial charge in [0.1, 0.15) is 18.1 Å². The van der Waals surface area contributed by atoms with E-state index in [0.29, 0.717) is 22.9 Å². The first kappa shape index (κ1) is 32.4. The number of phenols is 1. The number of pyridine rings is 1. The number of nitrogens with one attached hydrogen (secondary N) is 1. The van der Waals surface area contributed by atoms with Crippen LogP contribution in [0, 0.1) is 5.92 Å². The number of nitrogens with two attached hydrogens (primary N) is 1. The van der Waals surface area contributed by atoms with Gasteiger partial charge in [-0.05, 0) is 71.5 Å². The summed E-state index contributed by atoms with van der Waals surface area (Å²) in [7, 11) is 1.50. The molecule has 0 bridgehead atoms. The lowest BCUT2D eigenvalue weighted by Crippen LogP contribution is -2.40. The lowest BCUT2D eigenvalue weighted by molar-refractivity contribution is -0.137. The summed E-state index contributed by atoms with van der Waals surface area (Å²) in [6.45, 7) is 3.89. The molecule has 0 unspecified atom stereocenters. The molecule has 0 spiro atoms. The molecule has 8 nitrogen and oxygen atoms in total. The van der Waals surface area contributed by atoms with Crippen molar-refractivity contribution >= 4 is 22.8 Å². The predicted molar refractivity (Wildman–Crippen MR) is 160 cm³/mol. The fraction of sp³-hybridized carbons (Fsp3) is 0.303. The maximum atomic E-state index is 13.4. The van der Waals surface area contributed by atoms with Crippen LogP contribution in [0.5, 0.6) is 5.75 Å². The van der Waals surface area contributed by atoms with E-state index in [1.807, 2.05) is 13.8 Å². The third-order valence-electron chi connectivity index (χ3n) is 7.17. The van der Waals surface area contributed by atoms with Crippen LogP contribution >= 0.6 is 0 Å². The van der Waals surface area contributed by atoms with E-state index in [1.54, 1.807) is 42.5 Å². The zero-order valence-corrected chi connectivity index (χ0v) is 24.5. The second-order valence-corrected chi connectivity index (χ2v) is 10.9. The number of hydrogen-bond donors (Lipinski definition) is 3. The monoisotopic (exact) mass is 609 g/mol. The number of alkyl halides is 3. The molecule has 0 aliphatic carbocycles. The number of methoxy groups -OCH3 is 1. The van der Waals surface area contributed by atoms with Gasteiger partial charge in [0.05, 0.1) is 29.3 Å². The van der Waals surface area contributed by atoms with Gasteiger partial charge in [-0.25, -0.2) is 9.78 Å². The highest BCUT2D eigenvalue weighted by Gasteiger charge is 2.30. The second kappa shape index (κ2) is 13.9. The minimum absolute atomic E-state index is 0.0201. The number of ether oxygens (including phenoxy) is 2. The SMILES string of the molecule is COC[C@H](Cc1ccc(O)cc1)NC(=O)c1cc(C(=O)OC[C@@H](N)C(C)C)c2cc(-c3cccc(C(F)(F)F)c3)ccc2n1. The smallest absolute Gasteiger partial charge is 0.416 e. The Kier molecular flexibility index (Phi) is 10.2. The van der Waals surface area contributed by atoms with E-state index < -0.39 is 35.7 Å². The van der Waals surface area contributed by atoms with Gasteiger partial charge < -0.3 is 25.6 Å². The average molecular weight is 610 g/mol. The average Bonchev–Trinajstić information content (AvgIpc) is 2.99. The van der Waals surface area contributed by atoms with Crippen LogP contribution in [0.3, 0.4) is 0 Å². The van der Waals surface area contributed by atoms with Crippen molar-refractivity contribution in [1.29, 1.82) is 0 Å². The molecule has 44 heavy (non-hydrogen) atoms. The Morgan fingerprint density at radius 2 is 1.68 bits per heavy atom. The maximum Gasteiger partial charge on any atom is 0.416 e. The third-order valence-corrected chi connectivity index (χ3v) is 7.17. The van der Waals surface area contributed by atoms with Crippen LogP contribution in [0.25, 0.3) is 22.0 Å². The lowest BCUT2D eigenvalue weighted by atomic mass is 9.98. The number of carbonyl (C=O) groups is 2. The van der Waals surface area contributed by atoms with Crippen molar-refractivity contribution in [1.82, 2.24) is 10.3 Å². The van der Waals surface area contributed by atoms with Crippen molar-refractivity contribution in [3.05, 3.63) is 95.2 Å². The van der Waals surface area contributed by atoms with Crippen molar-refractivity contribution in [2.75, 3.05) is 20.3 Å². The molecule has 11 heteroatoms. The van der Waals surface area contributed by atoms with Crippen LogP contribution in [0.15, 0.2) is 72.8 Å². The number of nitrogens with zero attached hydrogens (tertiary/aromatic N) is 1. The maximum absolute atomic E-state index is 13.4. The topological polar surface area (TPSA) is 124 Å². The zero-order valence-electron chi connectivity index (χ0n) is 24.5. The van der Waals surface area contributed by atoms with Crippen LogP contribution in [0.2, 0.25) is 0 Å². The first-order valence-electron chi connectivity index (χ1n) is 14.0. The summed E-state index contributed by atoms with van der Waals surface area (Å²) in [5, 5.41) is 12.8. The van der Waals surface area contributed by atoms with Crippen LogP contribution in [-0.4, -0.2) is 54.4 Å². The second-order valence-electron chi connectivity index (χ2n) is 10.9. The molecule has 2 atom stereocenters. The van der Waals surface area contributed by atoms with Crippen molar-refractivity contribution in [2.24, 2.45) is 11.7 Å². The molecule has 0 saturated heterocycles. The standard InChI is InChI=1S/C33H34F3N3O5/c1-19(2)28(37)18-44-32(42)27-16-30(31(41)38-24(17-43-3)13-20-7-10-25(40)11-8-20)39-29-12-9-22(15-26(27)29)21-5-4-6-23(14-21)33(34,35)36/h4-12,14-16,19,24,28,40H,13,17-18,37H2,1-3H3,(H,38,41)/t24-,28+/m0/s1. The van der Waals surface area contributed by atoms with E-state index in [0.717, 1.165) is 17.7 Å². The quantitative estimate of drug-likeness (QED) is 0.185. The fourth-order valence-electron chi connectivity index (χ4n) is 4.54. The molecular weight excluding hydrogens is 575 g/mol. The molecule has 1 heterocycles. The number of rotatable bonds is 11. The molecule has 4 aromatic rings. The molecule has 232 valence electrons. The summed E-state index contributed by atoms with van der Waals surface area (Å²) >= 11 is 0. The molecule has 4 rings (SSSR count). The summed E-state index contributed by atoms with van der Waals surface area (Å²) < 4.78 is 50.9. The van der Waals surface area contributed by atoms with E-state index in [2.05, 4.69) is 10.3 Å². The van der Waals surface area contributed by atoms with Gasteiger partial charge in [-0.15, -0.1) is 0 Å². The summed E-state index contributed by atoms with van der Waals surface area (Å²) in [4.78, 5) is 31.2. The van der Waals surface area contributed by atoms with Crippen LogP contribution in [-0.2, 0) is 22.1 Å². The number of esters is 1. The molecule has 0 fully saturated rings. The Hall–Kier alpha value is -4.48. The molecule has 0 saturated carbocycles. The van der Waals surface area contributed by atoms with Gasteiger partial charge in [0.2, 0.25) is 0 Å². The zero-order chi connectivity index (χ0) is 32.0. The summed E-state index contributed by atoms with van der Waals surface area (Å²) in [5.41, 5.74) is 7.06. The Morgan fingerprint density at radius 3 is 2.34 bits per heavy atom. The van der Waals surface area contributed by atoms with Gasteiger partial charge in [-0.1, -0.05) is 44.2 Å². The lowest BCUT2D eigenvalue weighted by Gasteiger charge is -2.19. The summed E-state index contributed by atoms with van der Waals surface area (Å²) in [5.74, 6) is -1.16. The molecule has 4 N–H and O–H groups in total. The van der Waals surface area contributed by atoms with Gasteiger partial charge in [0.25, 0.3) is 5.91 Å². The first-order chi connectivity index (χ1) is 20.8. The molecule has 0 aliphatic heterocycles. The van der Waals surface area contributed by atoms with Crippen LogP contribution in [0.1, 0.15) is 45.8 Å². The van der Waals surface area contributed by atoms with Gasteiger partial charge in [-0.2, -0.15) is 13.2 Å². The largest absolute Gasteiger partial charge is 0.508 e. The molecule has 0 radical (unpaired) electrons. The Balaban J connectivity index is 1.71. The Bertz CT molecular complexity index is 1620. The minimum atomic E-state index is -4.52. The van der Waals surface area contributed by atoms with Crippen LogP contribution in [0.4, 0.5) is 13.2 Å². The van der Waals surface area contributed by atoms with Crippen molar-refractivity contribution < 1.29 is 37.3 Å². The van der Waals surface area contributed by atoms with Gasteiger partial charge in [0.15, 0.2) is 0 Å². The number of amides is 1. The van der Waals surface area contributed by atoms with E-state index in [-0.39, 0.29) is 41.7 Å². The number of benzene rings is 3. The number of carbonyl (C=O) groups excluding carboxylic acids is 2. The summed E-state index contributed by atoms with van der Waals surface area (Å²) in [6.07, 6.45) is -4.13. The number of hydrogen-bond acceptors (Lipinski definition) is 7. The molecule has 1 amide bonds. The Labute approximate surface area is 253 Å². The first-order valence-corrected chi connectivity index (χ1v) is 14.0. The third kappa shape index (κ3) is 8.12. The van der Waals surface area contributed by atoms with Crippen molar-refractivity contribution in [2.45, 2.75) is 38.5 Å². The number of aromatic hydroxyl groups is 1. The number of halogens is 3. The minimum Gasteiger partial charge on any atom is -0.508 e. The normalized spacial score (nSPS) is 13.1. The fourth-order valence-corrected chi connectivity index (χ4v) is 4.54. The number of phenolic OH excluding ortho intramolecular Hbond substituents is 1. The molecule has 1 aromatic heterocycles. The van der Waals surface area contributed by atoms with Gasteiger partial charge in [-0.3, -0.25) is 4.79 Å². The Morgan fingerprint density at radius 1 is 0.977 bits per heavy atom. The highest BCUT2D eigenvalue weighted by atomic mass is 19.4. The van der Waals surface area contributed by atoms with E-state index in [4.69, 9.17) is 15.2 Å². The molecular formula is C33H34F3N3O5. The van der Waals surface area contributed by atoms with Crippen molar-refractivity contribution in [3.63, 3.8) is 0 Å². The van der Waals surface area contributed by atoms with E-state index in [9.17, 15) is 27.9 Å². The number of aromatic nitrogens is 1. The van der Waals surface area contributed by atoms with Crippen molar-refractivity contribution in [3.8, 4) is 16.9 Å². The molecule has 3 aromatic carbocycles. The highest BCUT2D eigenvalue weighted by Crippen LogP contribution is 2.33. The van der Waals surface area contributed by atoms with Gasteiger partial charge >= 0.3 is 12.1 Å². The highest BCUT2D eigenvalue weighted by molar-refractivity contribution is 6.07. The number of fused-ring (bicyclic) bond motifs is 1. The molecule has 0 aliphatic rings. The van der Waals surface area contributed by atoms with Gasteiger partial charge in [0, 0.05) is 18.5 Å². The van der Waals surface area contributed by atoms with E-state index in [1.165, 1.54) is 25.3 Å². The van der Waals surface area contributed by atoms with E-state index >= 15 is 0 Å². The predicted octanol–water partition coefficient (Wildman–Crippen LogP) is 5.75. The summed E-state index contributed by atoms with van der Waals surface area (Å²) in [6, 6.07) is 16.5. The van der Waals surface area contributed by atoms with Crippen LogP contribution < -0.4 is 11.1 Å².